The summed E-state index contributed by atoms with van der Waals surface area (Å²) in [5.41, 5.74) is -4.64. The second-order valence-corrected chi connectivity index (χ2v) is 8.69. The van der Waals surface area contributed by atoms with Crippen LogP contribution in [-0.4, -0.2) is 43.2 Å². The maximum atomic E-state index is 13.2. The summed E-state index contributed by atoms with van der Waals surface area (Å²) in [6, 6.07) is 19.0. The number of aliphatic hydroxyl groups is 1. The van der Waals surface area contributed by atoms with Gasteiger partial charge >= 0.3 is 18.3 Å². The first-order valence-electron chi connectivity index (χ1n) is 11.8. The number of ether oxygens (including phenoxy) is 3. The largest absolute Gasteiger partial charge is 0.490 e. The second kappa shape index (κ2) is 12.4. The summed E-state index contributed by atoms with van der Waals surface area (Å²) in [5, 5.41) is 9.59. The predicted molar refractivity (Wildman–Crippen MR) is 129 cm³/mol. The van der Waals surface area contributed by atoms with Crippen molar-refractivity contribution >= 4 is 5.97 Å². The maximum absolute atomic E-state index is 13.2. The molecule has 0 aromatic heterocycles. The lowest BCUT2D eigenvalue weighted by Crippen LogP contribution is -2.53. The fourth-order valence-electron chi connectivity index (χ4n) is 3.76. The fourth-order valence-corrected chi connectivity index (χ4v) is 3.76. The molecule has 39 heavy (non-hydrogen) atoms. The first-order valence-corrected chi connectivity index (χ1v) is 11.8. The van der Waals surface area contributed by atoms with E-state index in [0.717, 1.165) is 23.3 Å². The van der Waals surface area contributed by atoms with Gasteiger partial charge in [0, 0.05) is 18.4 Å². The van der Waals surface area contributed by atoms with E-state index in [0.29, 0.717) is 30.7 Å². The van der Waals surface area contributed by atoms with Crippen molar-refractivity contribution in [1.82, 2.24) is 0 Å². The minimum atomic E-state index is -5.98. The van der Waals surface area contributed by atoms with Crippen molar-refractivity contribution in [2.24, 2.45) is 0 Å². The van der Waals surface area contributed by atoms with Crippen molar-refractivity contribution in [2.45, 2.75) is 43.3 Å². The number of hydrogen-bond acceptors (Lipinski definition) is 5. The Morgan fingerprint density at radius 1 is 0.795 bits per heavy atom. The molecule has 0 saturated carbocycles. The van der Waals surface area contributed by atoms with Crippen molar-refractivity contribution in [3.05, 3.63) is 95.6 Å². The summed E-state index contributed by atoms with van der Waals surface area (Å²) in [6.45, 7) is 0.00714. The Kier molecular flexibility index (Phi) is 9.49. The molecule has 0 amide bonds. The number of alkyl halides is 6. The van der Waals surface area contributed by atoms with E-state index in [-0.39, 0.29) is 24.7 Å². The van der Waals surface area contributed by atoms with Gasteiger partial charge in [-0.2, -0.15) is 26.3 Å². The van der Waals surface area contributed by atoms with Gasteiger partial charge in [0.25, 0.3) is 5.60 Å². The third kappa shape index (κ3) is 7.66. The van der Waals surface area contributed by atoms with Crippen molar-refractivity contribution < 1.29 is 50.5 Å². The summed E-state index contributed by atoms with van der Waals surface area (Å²) in [4.78, 5) is 11.3. The molecule has 3 aromatic rings. The minimum Gasteiger partial charge on any atom is -0.490 e. The molecule has 0 heterocycles. The van der Waals surface area contributed by atoms with Crippen LogP contribution < -0.4 is 9.47 Å². The average molecular weight is 556 g/mol. The molecule has 11 heteroatoms. The monoisotopic (exact) mass is 556 g/mol. The van der Waals surface area contributed by atoms with Crippen LogP contribution in [-0.2, 0) is 28.0 Å². The Labute approximate surface area is 220 Å². The van der Waals surface area contributed by atoms with Gasteiger partial charge in [-0.05, 0) is 41.8 Å². The highest BCUT2D eigenvalue weighted by Gasteiger charge is 2.71. The van der Waals surface area contributed by atoms with Gasteiger partial charge in [-0.25, -0.2) is 0 Å². The van der Waals surface area contributed by atoms with E-state index in [1.165, 1.54) is 7.11 Å². The lowest BCUT2D eigenvalue weighted by atomic mass is 9.92. The van der Waals surface area contributed by atoms with Gasteiger partial charge in [0.15, 0.2) is 0 Å². The van der Waals surface area contributed by atoms with Crippen molar-refractivity contribution in [1.29, 1.82) is 0 Å². The third-order valence-electron chi connectivity index (χ3n) is 5.91. The zero-order valence-corrected chi connectivity index (χ0v) is 20.8. The van der Waals surface area contributed by atoms with Crippen molar-refractivity contribution in [3.63, 3.8) is 0 Å². The molecule has 3 rings (SSSR count). The Balaban J connectivity index is 1.73. The van der Waals surface area contributed by atoms with E-state index in [9.17, 15) is 36.2 Å². The number of benzene rings is 3. The predicted octanol–water partition coefficient (Wildman–Crippen LogP) is 6.17. The quantitative estimate of drug-likeness (QED) is 0.226. The molecule has 0 aliphatic heterocycles. The molecular formula is C28H26F6O5. The number of carbonyl (C=O) groups is 1. The van der Waals surface area contributed by atoms with Crippen LogP contribution in [0.3, 0.4) is 0 Å². The van der Waals surface area contributed by atoms with Crippen LogP contribution in [0.5, 0.6) is 11.5 Å². The van der Waals surface area contributed by atoms with E-state index >= 15 is 0 Å². The molecule has 1 atom stereocenters. The zero-order valence-electron chi connectivity index (χ0n) is 20.8. The van der Waals surface area contributed by atoms with Gasteiger partial charge in [0.1, 0.15) is 24.2 Å². The first-order chi connectivity index (χ1) is 18.3. The lowest BCUT2D eigenvalue weighted by Gasteiger charge is -2.32. The Hall–Kier alpha value is -3.73. The van der Waals surface area contributed by atoms with Crippen LogP contribution in [0.1, 0.15) is 23.1 Å². The van der Waals surface area contributed by atoms with Gasteiger partial charge < -0.3 is 19.3 Å². The lowest BCUT2D eigenvalue weighted by molar-refractivity contribution is -0.376. The summed E-state index contributed by atoms with van der Waals surface area (Å²) < 4.78 is 95.4. The molecule has 0 fully saturated rings. The number of rotatable bonds is 11. The topological polar surface area (TPSA) is 65.0 Å². The summed E-state index contributed by atoms with van der Waals surface area (Å²) >= 11 is 0. The van der Waals surface area contributed by atoms with Crippen molar-refractivity contribution in [3.8, 4) is 11.5 Å². The molecule has 0 saturated heterocycles. The number of esters is 1. The van der Waals surface area contributed by atoms with Gasteiger partial charge in [-0.1, -0.05) is 54.6 Å². The average Bonchev–Trinajstić information content (AvgIpc) is 2.90. The molecule has 0 spiro atoms. The molecular weight excluding hydrogens is 530 g/mol. The molecule has 0 bridgehead atoms. The Morgan fingerprint density at radius 2 is 1.36 bits per heavy atom. The van der Waals surface area contributed by atoms with Gasteiger partial charge in [0.2, 0.25) is 0 Å². The summed E-state index contributed by atoms with van der Waals surface area (Å²) in [6.07, 6.45) is -11.6. The summed E-state index contributed by atoms with van der Waals surface area (Å²) in [7, 11) is 1.31. The molecule has 1 N–H and O–H groups in total. The van der Waals surface area contributed by atoms with Crippen LogP contribution >= 0.6 is 0 Å². The van der Waals surface area contributed by atoms with E-state index in [2.05, 4.69) is 4.74 Å². The van der Waals surface area contributed by atoms with E-state index in [1.54, 1.807) is 24.3 Å². The van der Waals surface area contributed by atoms with Crippen LogP contribution in [0.2, 0.25) is 0 Å². The van der Waals surface area contributed by atoms with E-state index < -0.39 is 29.6 Å². The number of carbonyl (C=O) groups excluding carboxylic acids is 1. The number of aryl methyl sites for hydroxylation is 1. The normalized spacial score (nSPS) is 13.0. The smallest absolute Gasteiger partial charge is 0.430 e. The van der Waals surface area contributed by atoms with Crippen molar-refractivity contribution in [2.75, 3.05) is 13.7 Å². The van der Waals surface area contributed by atoms with Gasteiger partial charge in [-0.3, -0.25) is 4.79 Å². The second-order valence-electron chi connectivity index (χ2n) is 8.69. The Morgan fingerprint density at radius 3 is 1.90 bits per heavy atom. The number of hydrogen-bond donors (Lipinski definition) is 1. The van der Waals surface area contributed by atoms with Crippen LogP contribution in [0.25, 0.3) is 0 Å². The number of halogens is 6. The van der Waals surface area contributed by atoms with E-state index in [4.69, 9.17) is 9.47 Å². The molecule has 5 nitrogen and oxygen atoms in total. The SMILES string of the molecule is COC(=O)CCc1ccc(OCC(Cc2ccccc2)Oc2ccc(C(O)(C(F)(F)F)C(F)(F)F)cc2)cc1. The molecule has 3 aromatic carbocycles. The fraction of sp³-hybridized carbons (Fsp3) is 0.321. The third-order valence-corrected chi connectivity index (χ3v) is 5.91. The van der Waals surface area contributed by atoms with Crippen LogP contribution in [0.4, 0.5) is 26.3 Å². The minimum absolute atomic E-state index is 0.00635. The molecule has 0 radical (unpaired) electrons. The zero-order chi connectivity index (χ0) is 28.7. The van der Waals surface area contributed by atoms with Gasteiger partial charge in [0.05, 0.1) is 7.11 Å². The van der Waals surface area contributed by atoms with E-state index in [1.807, 2.05) is 30.3 Å². The van der Waals surface area contributed by atoms with Gasteiger partial charge in [-0.15, -0.1) is 0 Å². The Bertz CT molecular complexity index is 1180. The summed E-state index contributed by atoms with van der Waals surface area (Å²) in [5.74, 6) is 0.160. The molecule has 1 unspecified atom stereocenters. The highest BCUT2D eigenvalue weighted by atomic mass is 19.4. The highest BCUT2D eigenvalue weighted by Crippen LogP contribution is 2.50. The molecule has 210 valence electrons. The molecule has 0 aliphatic rings. The van der Waals surface area contributed by atoms with Crippen LogP contribution in [0.15, 0.2) is 78.9 Å². The standard InChI is InChI=1S/C28H26F6O5/c1-37-25(35)16-9-19-7-12-22(13-8-19)38-18-24(17-20-5-3-2-4-6-20)39-23-14-10-21(11-15-23)26(36,27(29,30)31)28(32,33)34/h2-8,10-15,24,36H,9,16-18H2,1H3. The highest BCUT2D eigenvalue weighted by molar-refractivity contribution is 5.69. The first kappa shape index (κ1) is 29.8. The molecule has 0 aliphatic carbocycles. The van der Waals surface area contributed by atoms with Crippen LogP contribution in [0, 0.1) is 0 Å². The maximum Gasteiger partial charge on any atom is 0.430 e. The number of methoxy groups -OCH3 is 1.